The lowest BCUT2D eigenvalue weighted by Gasteiger charge is -2.44. The van der Waals surface area contributed by atoms with Crippen molar-refractivity contribution in [2.45, 2.75) is 58.2 Å². The Morgan fingerprint density at radius 2 is 2.07 bits per heavy atom. The number of methoxy groups -OCH3 is 1. The molecular weight excluding hydrogens is 364 g/mol. The second-order valence-corrected chi connectivity index (χ2v) is 8.47. The van der Waals surface area contributed by atoms with Gasteiger partial charge in [-0.3, -0.25) is 14.4 Å². The first-order chi connectivity index (χ1) is 13.2. The number of carbonyl (C=O) groups excluding carboxylic acids is 3. The number of hydrogen-bond donors (Lipinski definition) is 1. The van der Waals surface area contributed by atoms with Gasteiger partial charge in [0, 0.05) is 12.0 Å². The molecule has 7 heteroatoms. The number of fused-ring (bicyclic) bond motifs is 1. The largest absolute Gasteiger partial charge is 0.472 e. The van der Waals surface area contributed by atoms with Crippen LogP contribution in [0.3, 0.4) is 0 Å². The molecule has 28 heavy (non-hydrogen) atoms. The molecule has 154 valence electrons. The van der Waals surface area contributed by atoms with Gasteiger partial charge in [-0.25, -0.2) is 0 Å². The van der Waals surface area contributed by atoms with Crippen LogP contribution in [0.2, 0.25) is 0 Å². The minimum atomic E-state index is -1.26. The van der Waals surface area contributed by atoms with E-state index in [1.54, 1.807) is 12.3 Å². The molecule has 6 atom stereocenters. The second kappa shape index (κ2) is 8.07. The van der Waals surface area contributed by atoms with Gasteiger partial charge in [-0.15, -0.1) is 0 Å². The molecular formula is C21H28O7. The summed E-state index contributed by atoms with van der Waals surface area (Å²) in [6.07, 6.45) is 3.05. The first-order valence-corrected chi connectivity index (χ1v) is 9.76. The number of cyclic esters (lactones) is 1. The van der Waals surface area contributed by atoms with Gasteiger partial charge in [0.25, 0.3) is 0 Å². The molecule has 2 heterocycles. The number of aliphatic hydroxyl groups is 1. The van der Waals surface area contributed by atoms with Crippen molar-refractivity contribution < 1.29 is 33.4 Å². The summed E-state index contributed by atoms with van der Waals surface area (Å²) in [6, 6.07) is 1.75. The molecule has 0 unspecified atom stereocenters. The molecule has 1 saturated carbocycles. The Balaban J connectivity index is 1.88. The minimum Gasteiger partial charge on any atom is -0.472 e. The molecule has 7 nitrogen and oxygen atoms in total. The molecule has 0 amide bonds. The van der Waals surface area contributed by atoms with Crippen LogP contribution in [0, 0.1) is 23.2 Å². The van der Waals surface area contributed by atoms with Crippen molar-refractivity contribution in [3.8, 4) is 0 Å². The molecule has 1 aromatic heterocycles. The third-order valence-corrected chi connectivity index (χ3v) is 6.48. The highest BCUT2D eigenvalue weighted by molar-refractivity contribution is 5.86. The molecule has 1 aliphatic carbocycles. The lowest BCUT2D eigenvalue weighted by molar-refractivity contribution is -0.175. The van der Waals surface area contributed by atoms with Crippen LogP contribution in [-0.2, 0) is 23.9 Å². The van der Waals surface area contributed by atoms with E-state index in [4.69, 9.17) is 13.9 Å². The maximum Gasteiger partial charge on any atom is 0.310 e. The molecule has 1 aromatic rings. The minimum absolute atomic E-state index is 0.0447. The summed E-state index contributed by atoms with van der Waals surface area (Å²) in [5, 5.41) is 10.5. The van der Waals surface area contributed by atoms with Crippen LogP contribution in [0.5, 0.6) is 0 Å². The molecule has 0 radical (unpaired) electrons. The summed E-state index contributed by atoms with van der Waals surface area (Å²) >= 11 is 0. The van der Waals surface area contributed by atoms with Gasteiger partial charge < -0.3 is 19.0 Å². The predicted molar refractivity (Wildman–Crippen MR) is 97.9 cm³/mol. The molecule has 1 saturated heterocycles. The average molecular weight is 392 g/mol. The van der Waals surface area contributed by atoms with E-state index in [2.05, 4.69) is 0 Å². The summed E-state index contributed by atoms with van der Waals surface area (Å²) < 4.78 is 15.6. The summed E-state index contributed by atoms with van der Waals surface area (Å²) in [7, 11) is 1.30. The van der Waals surface area contributed by atoms with E-state index >= 15 is 0 Å². The van der Waals surface area contributed by atoms with E-state index in [1.807, 2.05) is 13.8 Å². The maximum absolute atomic E-state index is 12.9. The van der Waals surface area contributed by atoms with E-state index in [-0.39, 0.29) is 30.5 Å². The SMILES string of the molecule is COC(=O)[C@@H]1C[C@H](O)C(=O)C[C@@]2(C)C[C@@H](c3ccoc3)OC(=O)[C@@H]2CC[C@H]1C. The van der Waals surface area contributed by atoms with E-state index in [1.165, 1.54) is 13.4 Å². The highest BCUT2D eigenvalue weighted by Gasteiger charge is 2.50. The summed E-state index contributed by atoms with van der Waals surface area (Å²) in [6.45, 7) is 3.81. The topological polar surface area (TPSA) is 103 Å². The number of esters is 2. The molecule has 2 aliphatic rings. The lowest BCUT2D eigenvalue weighted by Crippen LogP contribution is -2.46. The zero-order chi connectivity index (χ0) is 20.5. The fourth-order valence-electron chi connectivity index (χ4n) is 4.65. The Kier molecular flexibility index (Phi) is 5.93. The fraction of sp³-hybridized carbons (Fsp3) is 0.667. The van der Waals surface area contributed by atoms with Crippen LogP contribution in [0.15, 0.2) is 23.0 Å². The van der Waals surface area contributed by atoms with Crippen LogP contribution in [0.25, 0.3) is 0 Å². The third kappa shape index (κ3) is 3.99. The number of hydrogen-bond acceptors (Lipinski definition) is 7. The van der Waals surface area contributed by atoms with Crippen molar-refractivity contribution in [3.63, 3.8) is 0 Å². The number of ether oxygens (including phenoxy) is 2. The molecule has 1 N–H and O–H groups in total. The Hall–Kier alpha value is -2.15. The van der Waals surface area contributed by atoms with Crippen molar-refractivity contribution in [1.82, 2.24) is 0 Å². The van der Waals surface area contributed by atoms with Crippen molar-refractivity contribution in [3.05, 3.63) is 24.2 Å². The Bertz CT molecular complexity index is 725. The van der Waals surface area contributed by atoms with Gasteiger partial charge in [-0.1, -0.05) is 13.8 Å². The zero-order valence-electron chi connectivity index (χ0n) is 16.6. The number of furan rings is 1. The Morgan fingerprint density at radius 3 is 2.71 bits per heavy atom. The third-order valence-electron chi connectivity index (χ3n) is 6.48. The van der Waals surface area contributed by atoms with Gasteiger partial charge in [-0.05, 0) is 43.1 Å². The molecule has 3 rings (SSSR count). The number of rotatable bonds is 2. The predicted octanol–water partition coefficient (Wildman–Crippen LogP) is 2.82. The van der Waals surface area contributed by atoms with Crippen LogP contribution in [0.4, 0.5) is 0 Å². The Morgan fingerprint density at radius 1 is 1.32 bits per heavy atom. The average Bonchev–Trinajstić information content (AvgIpc) is 3.18. The quantitative estimate of drug-likeness (QED) is 0.772. The van der Waals surface area contributed by atoms with Gasteiger partial charge >= 0.3 is 11.9 Å². The van der Waals surface area contributed by atoms with E-state index in [9.17, 15) is 19.5 Å². The van der Waals surface area contributed by atoms with Crippen molar-refractivity contribution in [2.24, 2.45) is 23.2 Å². The number of aliphatic hydroxyl groups excluding tert-OH is 1. The summed E-state index contributed by atoms with van der Waals surface area (Å²) in [5.41, 5.74) is 0.130. The highest BCUT2D eigenvalue weighted by atomic mass is 16.5. The van der Waals surface area contributed by atoms with E-state index in [0.717, 1.165) is 5.56 Å². The van der Waals surface area contributed by atoms with Crippen LogP contribution in [-0.4, -0.2) is 36.0 Å². The van der Waals surface area contributed by atoms with Crippen LogP contribution < -0.4 is 0 Å². The highest BCUT2D eigenvalue weighted by Crippen LogP contribution is 2.49. The van der Waals surface area contributed by atoms with Crippen molar-refractivity contribution >= 4 is 17.7 Å². The summed E-state index contributed by atoms with van der Waals surface area (Å²) in [5.74, 6) is -2.30. The molecule has 2 fully saturated rings. The second-order valence-electron chi connectivity index (χ2n) is 8.47. The fourth-order valence-corrected chi connectivity index (χ4v) is 4.65. The normalized spacial score (nSPS) is 36.9. The van der Waals surface area contributed by atoms with Crippen LogP contribution in [0.1, 0.15) is 57.6 Å². The first kappa shape index (κ1) is 20.6. The van der Waals surface area contributed by atoms with Crippen molar-refractivity contribution in [1.29, 1.82) is 0 Å². The van der Waals surface area contributed by atoms with Gasteiger partial charge in [-0.2, -0.15) is 0 Å². The maximum atomic E-state index is 12.9. The lowest BCUT2D eigenvalue weighted by atomic mass is 9.64. The molecule has 0 spiro atoms. The number of ketones is 1. The van der Waals surface area contributed by atoms with Gasteiger partial charge in [0.1, 0.15) is 12.2 Å². The molecule has 1 aliphatic heterocycles. The van der Waals surface area contributed by atoms with E-state index in [0.29, 0.717) is 19.3 Å². The number of carbonyl (C=O) groups is 3. The zero-order valence-corrected chi connectivity index (χ0v) is 16.6. The van der Waals surface area contributed by atoms with Gasteiger partial charge in [0.2, 0.25) is 0 Å². The first-order valence-electron chi connectivity index (χ1n) is 9.76. The molecule has 0 aromatic carbocycles. The van der Waals surface area contributed by atoms with Crippen molar-refractivity contribution in [2.75, 3.05) is 7.11 Å². The van der Waals surface area contributed by atoms with Gasteiger partial charge in [0.15, 0.2) is 5.78 Å². The Labute approximate surface area is 164 Å². The van der Waals surface area contributed by atoms with E-state index < -0.39 is 35.4 Å². The van der Waals surface area contributed by atoms with Crippen LogP contribution >= 0.6 is 0 Å². The molecule has 0 bridgehead atoms. The summed E-state index contributed by atoms with van der Waals surface area (Å²) in [4.78, 5) is 37.8. The monoisotopic (exact) mass is 392 g/mol. The smallest absolute Gasteiger partial charge is 0.310 e. The van der Waals surface area contributed by atoms with Gasteiger partial charge in [0.05, 0.1) is 31.5 Å². The standard InChI is InChI=1S/C21H28O7/c1-12-4-5-15-20(25)28-18(13-6-7-27-11-13)10-21(15,2)9-17(23)16(22)8-14(12)19(24)26-3/h6-7,11-12,14-16,18,22H,4-5,8-10H2,1-3H3/t12-,14-,15+,16+,18+,21+/m1/s1. The number of Topliss-reactive ketones (excluding diaryl/α,β-unsaturated/α-hetero) is 1.